The van der Waals surface area contributed by atoms with Crippen LogP contribution in [-0.2, 0) is 19.1 Å². The van der Waals surface area contributed by atoms with Gasteiger partial charge in [-0.3, -0.25) is 4.79 Å². The van der Waals surface area contributed by atoms with Gasteiger partial charge >= 0.3 is 12.1 Å². The molecule has 0 aromatic heterocycles. The van der Waals surface area contributed by atoms with Crippen LogP contribution in [0.2, 0.25) is 0 Å². The molecule has 0 spiro atoms. The van der Waals surface area contributed by atoms with Gasteiger partial charge in [0.05, 0.1) is 12.5 Å². The number of carbonyl (C=O) groups is 3. The fourth-order valence-electron chi connectivity index (χ4n) is 5.70. The lowest BCUT2D eigenvalue weighted by Gasteiger charge is -2.38. The number of benzene rings is 2. The van der Waals surface area contributed by atoms with E-state index in [1.165, 1.54) is 12.0 Å². The van der Waals surface area contributed by atoms with E-state index in [1.807, 2.05) is 24.3 Å². The number of carbonyl (C=O) groups excluding carboxylic acids is 2. The highest BCUT2D eigenvalue weighted by Gasteiger charge is 2.62. The number of aliphatic carboxylic acids is 1. The maximum atomic E-state index is 12.8. The van der Waals surface area contributed by atoms with E-state index in [0.29, 0.717) is 19.4 Å². The molecule has 178 valence electrons. The molecule has 2 aromatic carbocycles. The van der Waals surface area contributed by atoms with Gasteiger partial charge in [-0.15, -0.1) is 0 Å². The number of nitrogens with one attached hydrogen (secondary N) is 1. The molecule has 2 aliphatic heterocycles. The zero-order valence-corrected chi connectivity index (χ0v) is 19.0. The van der Waals surface area contributed by atoms with Gasteiger partial charge in [0.2, 0.25) is 5.91 Å². The van der Waals surface area contributed by atoms with Gasteiger partial charge in [0, 0.05) is 26.1 Å². The Morgan fingerprint density at radius 1 is 1.09 bits per heavy atom. The fraction of sp³-hybridized carbons (Fsp3) is 0.423. The van der Waals surface area contributed by atoms with Crippen molar-refractivity contribution in [2.45, 2.75) is 36.8 Å². The van der Waals surface area contributed by atoms with E-state index in [-0.39, 0.29) is 37.3 Å². The second-order valence-corrected chi connectivity index (χ2v) is 9.38. The lowest BCUT2D eigenvalue weighted by molar-refractivity contribution is -0.159. The minimum atomic E-state index is -1.06. The topological polar surface area (TPSA) is 105 Å². The lowest BCUT2D eigenvalue weighted by Crippen LogP contribution is -2.55. The largest absolute Gasteiger partial charge is 0.479 e. The van der Waals surface area contributed by atoms with E-state index in [4.69, 9.17) is 9.47 Å². The highest BCUT2D eigenvalue weighted by atomic mass is 16.5. The molecule has 1 saturated carbocycles. The molecule has 8 heteroatoms. The first-order valence-corrected chi connectivity index (χ1v) is 11.6. The number of amides is 2. The van der Waals surface area contributed by atoms with E-state index in [2.05, 4.69) is 29.6 Å². The van der Waals surface area contributed by atoms with Crippen molar-refractivity contribution in [2.24, 2.45) is 5.92 Å². The second-order valence-electron chi connectivity index (χ2n) is 9.38. The summed E-state index contributed by atoms with van der Waals surface area (Å²) in [5.74, 6) is -0.976. The standard InChI is InChI=1S/C26H28N2O6/c1-33-17(10-23(29)28-14-16-11-26(28,12-16)24(30)31)13-27-25(32)34-15-22-20-8-4-2-6-18(20)19-7-3-5-9-21(19)22/h2-9,16-17,22H,10-15H2,1H3,(H,27,32)(H,30,31). The Bertz CT molecular complexity index is 1080. The molecule has 0 radical (unpaired) electrons. The van der Waals surface area contributed by atoms with Crippen molar-refractivity contribution in [3.63, 3.8) is 0 Å². The Morgan fingerprint density at radius 2 is 1.71 bits per heavy atom. The first-order valence-electron chi connectivity index (χ1n) is 11.6. The van der Waals surface area contributed by atoms with Crippen molar-refractivity contribution in [3.05, 3.63) is 59.7 Å². The van der Waals surface area contributed by atoms with Crippen LogP contribution in [0.15, 0.2) is 48.5 Å². The highest BCUT2D eigenvalue weighted by Crippen LogP contribution is 2.51. The number of hydrogen-bond donors (Lipinski definition) is 2. The van der Waals surface area contributed by atoms with E-state index in [1.54, 1.807) is 0 Å². The minimum absolute atomic E-state index is 0.00189. The summed E-state index contributed by atoms with van der Waals surface area (Å²) >= 11 is 0. The first kappa shape index (κ1) is 22.4. The molecule has 6 rings (SSSR count). The van der Waals surface area contributed by atoms with Crippen molar-refractivity contribution < 1.29 is 29.0 Å². The zero-order valence-electron chi connectivity index (χ0n) is 19.0. The quantitative estimate of drug-likeness (QED) is 0.622. The van der Waals surface area contributed by atoms with Gasteiger partial charge in [0.25, 0.3) is 0 Å². The number of ether oxygens (including phenoxy) is 2. The molecule has 2 aliphatic carbocycles. The normalized spacial score (nSPS) is 23.0. The third-order valence-corrected chi connectivity index (χ3v) is 7.46. The molecule has 1 unspecified atom stereocenters. The van der Waals surface area contributed by atoms with E-state index < -0.39 is 23.7 Å². The summed E-state index contributed by atoms with van der Waals surface area (Å²) in [5.41, 5.74) is 3.52. The van der Waals surface area contributed by atoms with Gasteiger partial charge in [-0.25, -0.2) is 9.59 Å². The molecule has 2 amide bonds. The molecule has 2 heterocycles. The number of carboxylic acid groups (broad SMARTS) is 1. The molecule has 34 heavy (non-hydrogen) atoms. The third kappa shape index (κ3) is 3.72. The smallest absolute Gasteiger partial charge is 0.407 e. The average molecular weight is 465 g/mol. The van der Waals surface area contributed by atoms with Crippen molar-refractivity contribution in [1.29, 1.82) is 0 Å². The number of fused-ring (bicyclic) bond motifs is 4. The second kappa shape index (κ2) is 8.76. The maximum absolute atomic E-state index is 12.8. The Balaban J connectivity index is 1.14. The Hall–Kier alpha value is -3.39. The summed E-state index contributed by atoms with van der Waals surface area (Å²) < 4.78 is 10.9. The van der Waals surface area contributed by atoms with E-state index in [0.717, 1.165) is 22.3 Å². The van der Waals surface area contributed by atoms with Crippen molar-refractivity contribution in [3.8, 4) is 11.1 Å². The molecule has 1 atom stereocenters. The molecule has 2 bridgehead atoms. The first-order chi connectivity index (χ1) is 16.4. The van der Waals surface area contributed by atoms with Crippen LogP contribution >= 0.6 is 0 Å². The van der Waals surface area contributed by atoms with Crippen molar-refractivity contribution in [1.82, 2.24) is 10.2 Å². The average Bonchev–Trinajstić information content (AvgIpc) is 3.49. The summed E-state index contributed by atoms with van der Waals surface area (Å²) in [4.78, 5) is 38.4. The number of hydrogen-bond acceptors (Lipinski definition) is 5. The molecule has 4 aliphatic rings. The molecular formula is C26H28N2O6. The molecule has 2 saturated heterocycles. The molecular weight excluding hydrogens is 436 g/mol. The summed E-state index contributed by atoms with van der Waals surface area (Å²) in [6, 6.07) is 16.2. The van der Waals surface area contributed by atoms with Gasteiger partial charge in [0.15, 0.2) is 0 Å². The predicted octanol–water partition coefficient (Wildman–Crippen LogP) is 3.01. The maximum Gasteiger partial charge on any atom is 0.407 e. The van der Waals surface area contributed by atoms with Crippen LogP contribution in [-0.4, -0.2) is 66.4 Å². The lowest BCUT2D eigenvalue weighted by atomic mass is 9.73. The van der Waals surface area contributed by atoms with Crippen LogP contribution < -0.4 is 5.32 Å². The highest BCUT2D eigenvalue weighted by molar-refractivity contribution is 5.89. The Kier molecular flexibility index (Phi) is 5.77. The van der Waals surface area contributed by atoms with E-state index >= 15 is 0 Å². The predicted molar refractivity (Wildman–Crippen MR) is 123 cm³/mol. The van der Waals surface area contributed by atoms with Crippen LogP contribution in [0.4, 0.5) is 4.79 Å². The van der Waals surface area contributed by atoms with Gasteiger partial charge in [-0.05, 0) is 41.0 Å². The summed E-state index contributed by atoms with van der Waals surface area (Å²) in [6.07, 6.45) is -0.117. The fourth-order valence-corrected chi connectivity index (χ4v) is 5.70. The van der Waals surface area contributed by atoms with Crippen LogP contribution in [0.3, 0.4) is 0 Å². The number of alkyl carbamates (subject to hydrolysis) is 1. The van der Waals surface area contributed by atoms with Gasteiger partial charge in [-0.2, -0.15) is 0 Å². The SMILES string of the molecule is COC(CNC(=O)OCC1c2ccccc2-c2ccccc21)CC(=O)N1CC2CC1(C(=O)O)C2. The summed E-state index contributed by atoms with van der Waals surface area (Å²) in [6.45, 7) is 0.768. The molecule has 8 nitrogen and oxygen atoms in total. The molecule has 2 N–H and O–H groups in total. The summed E-state index contributed by atoms with van der Waals surface area (Å²) in [7, 11) is 1.47. The van der Waals surface area contributed by atoms with Crippen molar-refractivity contribution in [2.75, 3.05) is 26.8 Å². The number of nitrogens with zero attached hydrogens (tertiary/aromatic N) is 1. The zero-order chi connectivity index (χ0) is 23.9. The monoisotopic (exact) mass is 464 g/mol. The molecule has 3 fully saturated rings. The van der Waals surface area contributed by atoms with Crippen LogP contribution in [0, 0.1) is 5.92 Å². The Labute approximate surface area is 197 Å². The summed E-state index contributed by atoms with van der Waals surface area (Å²) in [5, 5.41) is 12.3. The van der Waals surface area contributed by atoms with Gasteiger partial charge in [-0.1, -0.05) is 48.5 Å². The van der Waals surface area contributed by atoms with Crippen LogP contribution in [0.1, 0.15) is 36.3 Å². The van der Waals surface area contributed by atoms with E-state index in [9.17, 15) is 19.5 Å². The van der Waals surface area contributed by atoms with Crippen molar-refractivity contribution >= 4 is 18.0 Å². The number of methoxy groups -OCH3 is 1. The third-order valence-electron chi connectivity index (χ3n) is 7.46. The van der Waals surface area contributed by atoms with Crippen LogP contribution in [0.25, 0.3) is 11.1 Å². The van der Waals surface area contributed by atoms with Gasteiger partial charge in [0.1, 0.15) is 12.1 Å². The number of carboxylic acids is 1. The minimum Gasteiger partial charge on any atom is -0.479 e. The Morgan fingerprint density at radius 3 is 2.29 bits per heavy atom. The van der Waals surface area contributed by atoms with Crippen LogP contribution in [0.5, 0.6) is 0 Å². The molecule has 2 aromatic rings. The number of rotatable bonds is 8. The van der Waals surface area contributed by atoms with Gasteiger partial charge < -0.3 is 24.8 Å².